The lowest BCUT2D eigenvalue weighted by molar-refractivity contribution is 0.00737. The van der Waals surface area contributed by atoms with Crippen LogP contribution in [0.4, 0.5) is 0 Å². The molecule has 5 nitrogen and oxygen atoms in total. The van der Waals surface area contributed by atoms with Crippen LogP contribution in [-0.2, 0) is 12.1 Å². The Balaban J connectivity index is 1.93. The van der Waals surface area contributed by atoms with Crippen LogP contribution in [0.15, 0.2) is 67.0 Å². The molecule has 0 radical (unpaired) electrons. The van der Waals surface area contributed by atoms with Gasteiger partial charge in [-0.25, -0.2) is 4.98 Å². The topological polar surface area (TPSA) is 67.5 Å². The number of methoxy groups -OCH3 is 1. The third kappa shape index (κ3) is 3.04. The first-order chi connectivity index (χ1) is 11.7. The molecule has 1 unspecified atom stereocenters. The van der Waals surface area contributed by atoms with E-state index < -0.39 is 12.2 Å². The molecule has 0 aliphatic carbocycles. The van der Waals surface area contributed by atoms with Crippen molar-refractivity contribution in [2.24, 2.45) is 0 Å². The molecule has 0 amide bonds. The SMILES string of the molecule is COc1ccc(Cn2ccnc2C(O)(CO)c2ccccc2)cc1. The van der Waals surface area contributed by atoms with Crippen LogP contribution in [0.5, 0.6) is 5.75 Å². The monoisotopic (exact) mass is 324 g/mol. The number of nitrogens with zero attached hydrogens (tertiary/aromatic N) is 2. The summed E-state index contributed by atoms with van der Waals surface area (Å²) < 4.78 is 7.00. The van der Waals surface area contributed by atoms with Crippen LogP contribution >= 0.6 is 0 Å². The Morgan fingerprint density at radius 3 is 2.42 bits per heavy atom. The largest absolute Gasteiger partial charge is 0.497 e. The molecule has 5 heteroatoms. The van der Waals surface area contributed by atoms with Gasteiger partial charge < -0.3 is 19.5 Å². The number of hydrogen-bond donors (Lipinski definition) is 2. The minimum Gasteiger partial charge on any atom is -0.497 e. The van der Waals surface area contributed by atoms with Gasteiger partial charge in [-0.1, -0.05) is 42.5 Å². The van der Waals surface area contributed by atoms with Crippen molar-refractivity contribution in [3.05, 3.63) is 83.9 Å². The Bertz CT molecular complexity index is 784. The van der Waals surface area contributed by atoms with E-state index in [1.165, 1.54) is 0 Å². The van der Waals surface area contributed by atoms with Gasteiger partial charge in [0.05, 0.1) is 13.7 Å². The lowest BCUT2D eigenvalue weighted by Gasteiger charge is -2.26. The van der Waals surface area contributed by atoms with E-state index in [0.717, 1.165) is 11.3 Å². The van der Waals surface area contributed by atoms with E-state index in [2.05, 4.69) is 4.98 Å². The van der Waals surface area contributed by atoms with Gasteiger partial charge in [0.25, 0.3) is 0 Å². The van der Waals surface area contributed by atoms with E-state index in [1.807, 2.05) is 47.0 Å². The highest BCUT2D eigenvalue weighted by Crippen LogP contribution is 2.28. The molecular weight excluding hydrogens is 304 g/mol. The molecule has 0 bridgehead atoms. The van der Waals surface area contributed by atoms with Crippen LogP contribution in [0.2, 0.25) is 0 Å². The van der Waals surface area contributed by atoms with Crippen molar-refractivity contribution in [1.82, 2.24) is 9.55 Å². The van der Waals surface area contributed by atoms with E-state index >= 15 is 0 Å². The number of rotatable bonds is 6. The van der Waals surface area contributed by atoms with Crippen molar-refractivity contribution < 1.29 is 14.9 Å². The second-order valence-corrected chi connectivity index (χ2v) is 5.61. The number of aliphatic hydroxyl groups excluding tert-OH is 1. The van der Waals surface area contributed by atoms with E-state index in [9.17, 15) is 10.2 Å². The Hall–Kier alpha value is -2.63. The highest BCUT2D eigenvalue weighted by atomic mass is 16.5. The predicted octanol–water partition coefficient (Wildman–Crippen LogP) is 2.17. The molecule has 0 fully saturated rings. The average molecular weight is 324 g/mol. The Morgan fingerprint density at radius 2 is 1.79 bits per heavy atom. The Morgan fingerprint density at radius 1 is 1.08 bits per heavy atom. The predicted molar refractivity (Wildman–Crippen MR) is 90.8 cm³/mol. The van der Waals surface area contributed by atoms with Gasteiger partial charge in [-0.05, 0) is 23.3 Å². The van der Waals surface area contributed by atoms with Gasteiger partial charge >= 0.3 is 0 Å². The minimum absolute atomic E-state index is 0.409. The number of aliphatic hydroxyl groups is 2. The third-order valence-corrected chi connectivity index (χ3v) is 4.08. The molecule has 0 spiro atoms. The van der Waals surface area contributed by atoms with Crippen LogP contribution < -0.4 is 4.74 Å². The zero-order chi connectivity index (χ0) is 17.0. The average Bonchev–Trinajstić information content (AvgIpc) is 3.11. The standard InChI is InChI=1S/C19H20N2O3/c1-24-17-9-7-15(8-10-17)13-21-12-11-20-18(21)19(23,14-22)16-5-3-2-4-6-16/h2-12,22-23H,13-14H2,1H3. The number of ether oxygens (including phenoxy) is 1. The van der Waals surface area contributed by atoms with E-state index in [0.29, 0.717) is 17.9 Å². The maximum atomic E-state index is 11.0. The van der Waals surface area contributed by atoms with Crippen LogP contribution in [0, 0.1) is 0 Å². The molecule has 0 saturated carbocycles. The van der Waals surface area contributed by atoms with Crippen molar-refractivity contribution in [2.45, 2.75) is 12.1 Å². The number of benzene rings is 2. The van der Waals surface area contributed by atoms with Gasteiger partial charge in [-0.15, -0.1) is 0 Å². The smallest absolute Gasteiger partial charge is 0.170 e. The van der Waals surface area contributed by atoms with Crippen LogP contribution in [0.25, 0.3) is 0 Å². The van der Waals surface area contributed by atoms with Gasteiger partial charge in [-0.3, -0.25) is 0 Å². The van der Waals surface area contributed by atoms with E-state index in [-0.39, 0.29) is 0 Å². The second-order valence-electron chi connectivity index (χ2n) is 5.61. The highest BCUT2D eigenvalue weighted by molar-refractivity contribution is 5.31. The second kappa shape index (κ2) is 6.86. The molecule has 1 atom stereocenters. The lowest BCUT2D eigenvalue weighted by atomic mass is 9.93. The fourth-order valence-electron chi connectivity index (χ4n) is 2.73. The third-order valence-electron chi connectivity index (χ3n) is 4.08. The number of aromatic nitrogens is 2. The Kier molecular flexibility index (Phi) is 4.64. The fourth-order valence-corrected chi connectivity index (χ4v) is 2.73. The summed E-state index contributed by atoms with van der Waals surface area (Å²) in [7, 11) is 1.63. The summed E-state index contributed by atoms with van der Waals surface area (Å²) in [4.78, 5) is 4.29. The summed E-state index contributed by atoms with van der Waals surface area (Å²) >= 11 is 0. The summed E-state index contributed by atoms with van der Waals surface area (Å²) in [5.74, 6) is 1.20. The molecule has 24 heavy (non-hydrogen) atoms. The summed E-state index contributed by atoms with van der Waals surface area (Å²) in [5, 5.41) is 20.9. The molecule has 0 saturated heterocycles. The van der Waals surface area contributed by atoms with Crippen LogP contribution in [-0.4, -0.2) is 33.5 Å². The first-order valence-corrected chi connectivity index (χ1v) is 7.70. The zero-order valence-electron chi connectivity index (χ0n) is 13.5. The van der Waals surface area contributed by atoms with Crippen molar-refractivity contribution in [3.8, 4) is 5.75 Å². The number of imidazole rings is 1. The first kappa shape index (κ1) is 16.2. The normalized spacial score (nSPS) is 13.5. The van der Waals surface area contributed by atoms with E-state index in [1.54, 1.807) is 31.6 Å². The fraction of sp³-hybridized carbons (Fsp3) is 0.211. The minimum atomic E-state index is -1.54. The summed E-state index contributed by atoms with van der Waals surface area (Å²) in [6, 6.07) is 16.8. The quantitative estimate of drug-likeness (QED) is 0.729. The maximum Gasteiger partial charge on any atom is 0.170 e. The Labute approximate surface area is 140 Å². The summed E-state index contributed by atoms with van der Waals surface area (Å²) in [5.41, 5.74) is 0.107. The first-order valence-electron chi connectivity index (χ1n) is 7.70. The maximum absolute atomic E-state index is 11.0. The number of hydrogen-bond acceptors (Lipinski definition) is 4. The molecule has 0 aliphatic heterocycles. The van der Waals surface area contributed by atoms with Crippen molar-refractivity contribution in [1.29, 1.82) is 0 Å². The molecule has 2 N–H and O–H groups in total. The molecule has 3 aromatic rings. The van der Waals surface area contributed by atoms with E-state index in [4.69, 9.17) is 4.74 Å². The summed E-state index contributed by atoms with van der Waals surface area (Å²) in [6.07, 6.45) is 3.42. The van der Waals surface area contributed by atoms with Gasteiger partial charge in [0, 0.05) is 18.9 Å². The van der Waals surface area contributed by atoms with Crippen molar-refractivity contribution in [3.63, 3.8) is 0 Å². The molecule has 3 rings (SSSR count). The molecule has 124 valence electrons. The lowest BCUT2D eigenvalue weighted by Crippen LogP contribution is -2.35. The zero-order valence-corrected chi connectivity index (χ0v) is 13.5. The van der Waals surface area contributed by atoms with Gasteiger partial charge in [-0.2, -0.15) is 0 Å². The molecule has 2 aromatic carbocycles. The highest BCUT2D eigenvalue weighted by Gasteiger charge is 2.35. The van der Waals surface area contributed by atoms with Crippen LogP contribution in [0.1, 0.15) is 17.0 Å². The molecule has 1 heterocycles. The van der Waals surface area contributed by atoms with Gasteiger partial charge in [0.2, 0.25) is 0 Å². The molecule has 1 aromatic heterocycles. The molecular formula is C19H20N2O3. The van der Waals surface area contributed by atoms with Gasteiger partial charge in [0.1, 0.15) is 11.6 Å². The van der Waals surface area contributed by atoms with Crippen molar-refractivity contribution >= 4 is 0 Å². The van der Waals surface area contributed by atoms with Crippen LogP contribution in [0.3, 0.4) is 0 Å². The van der Waals surface area contributed by atoms with Crippen molar-refractivity contribution in [2.75, 3.05) is 13.7 Å². The van der Waals surface area contributed by atoms with Gasteiger partial charge in [0.15, 0.2) is 5.60 Å². The summed E-state index contributed by atoms with van der Waals surface area (Å²) in [6.45, 7) is 0.0884. The molecule has 0 aliphatic rings.